The standard InChI is InChI=1S/C16H15N3O2/c1-21-15(11-13-5-3-2-4-6-13)12-18-19-16(20)14-7-9-17-10-8-14/h2-12H,1H3,(H,19,20)/b15-11-,18-12+. The first-order valence-electron chi connectivity index (χ1n) is 6.34. The number of rotatable bonds is 5. The third kappa shape index (κ3) is 4.58. The molecule has 5 heteroatoms. The predicted octanol–water partition coefficient (Wildman–Crippen LogP) is 2.48. The maximum Gasteiger partial charge on any atom is 0.271 e. The molecular formula is C16H15N3O2. The lowest BCUT2D eigenvalue weighted by molar-refractivity contribution is 0.0955. The van der Waals surface area contributed by atoms with Crippen molar-refractivity contribution in [3.8, 4) is 0 Å². The monoisotopic (exact) mass is 281 g/mol. The van der Waals surface area contributed by atoms with E-state index in [9.17, 15) is 4.79 Å². The van der Waals surface area contributed by atoms with Crippen molar-refractivity contribution in [1.82, 2.24) is 10.4 Å². The zero-order chi connectivity index (χ0) is 14.9. The van der Waals surface area contributed by atoms with Gasteiger partial charge in [0.25, 0.3) is 5.91 Å². The van der Waals surface area contributed by atoms with Crippen molar-refractivity contribution in [2.45, 2.75) is 0 Å². The van der Waals surface area contributed by atoms with Crippen molar-refractivity contribution in [1.29, 1.82) is 0 Å². The minimum absolute atomic E-state index is 0.302. The minimum Gasteiger partial charge on any atom is -0.495 e. The van der Waals surface area contributed by atoms with Crippen LogP contribution in [0.2, 0.25) is 0 Å². The van der Waals surface area contributed by atoms with Gasteiger partial charge in [-0.1, -0.05) is 30.3 Å². The maximum atomic E-state index is 11.8. The Morgan fingerprint density at radius 2 is 1.90 bits per heavy atom. The number of benzene rings is 1. The lowest BCUT2D eigenvalue weighted by Crippen LogP contribution is -2.17. The van der Waals surface area contributed by atoms with E-state index in [1.165, 1.54) is 6.21 Å². The summed E-state index contributed by atoms with van der Waals surface area (Å²) < 4.78 is 5.19. The molecule has 0 aliphatic rings. The molecule has 1 heterocycles. The van der Waals surface area contributed by atoms with Gasteiger partial charge in [-0.25, -0.2) is 5.43 Å². The summed E-state index contributed by atoms with van der Waals surface area (Å²) in [7, 11) is 1.55. The number of amides is 1. The smallest absolute Gasteiger partial charge is 0.271 e. The first-order chi connectivity index (χ1) is 10.3. The SMILES string of the molecule is COC(=C\c1ccccc1)/C=N/NC(=O)c1ccncc1. The molecule has 1 N–H and O–H groups in total. The molecule has 0 bridgehead atoms. The topological polar surface area (TPSA) is 63.6 Å². The van der Waals surface area contributed by atoms with Crippen LogP contribution < -0.4 is 5.43 Å². The minimum atomic E-state index is -0.302. The Labute approximate surface area is 123 Å². The highest BCUT2D eigenvalue weighted by atomic mass is 16.5. The lowest BCUT2D eigenvalue weighted by atomic mass is 10.2. The second-order valence-corrected chi connectivity index (χ2v) is 4.10. The molecule has 2 aromatic rings. The number of hydrazone groups is 1. The molecule has 0 aliphatic heterocycles. The first-order valence-corrected chi connectivity index (χ1v) is 6.34. The Morgan fingerprint density at radius 1 is 1.19 bits per heavy atom. The fourth-order valence-corrected chi connectivity index (χ4v) is 1.58. The number of hydrogen-bond donors (Lipinski definition) is 1. The van der Waals surface area contributed by atoms with Crippen molar-refractivity contribution in [2.24, 2.45) is 5.10 Å². The van der Waals surface area contributed by atoms with Crippen LogP contribution in [0.25, 0.3) is 6.08 Å². The van der Waals surface area contributed by atoms with Crippen LogP contribution in [0.5, 0.6) is 0 Å². The number of methoxy groups -OCH3 is 1. The number of pyridine rings is 1. The Kier molecular flexibility index (Phi) is 5.23. The Morgan fingerprint density at radius 3 is 2.57 bits per heavy atom. The first kappa shape index (κ1) is 14.5. The number of carbonyl (C=O) groups is 1. The van der Waals surface area contributed by atoms with Crippen LogP contribution >= 0.6 is 0 Å². The van der Waals surface area contributed by atoms with Crippen LogP contribution in [0.15, 0.2) is 65.7 Å². The van der Waals surface area contributed by atoms with E-state index in [0.717, 1.165) is 5.56 Å². The molecule has 0 aliphatic carbocycles. The average Bonchev–Trinajstić information content (AvgIpc) is 2.55. The van der Waals surface area contributed by atoms with E-state index in [0.29, 0.717) is 11.3 Å². The highest BCUT2D eigenvalue weighted by Gasteiger charge is 2.02. The van der Waals surface area contributed by atoms with Crippen molar-refractivity contribution < 1.29 is 9.53 Å². The number of ether oxygens (including phenoxy) is 1. The van der Waals surface area contributed by atoms with Crippen molar-refractivity contribution in [3.05, 3.63) is 71.7 Å². The lowest BCUT2D eigenvalue weighted by Gasteiger charge is -2.01. The van der Waals surface area contributed by atoms with Gasteiger partial charge in [0, 0.05) is 18.0 Å². The average molecular weight is 281 g/mol. The molecule has 0 saturated heterocycles. The zero-order valence-electron chi connectivity index (χ0n) is 11.6. The highest BCUT2D eigenvalue weighted by molar-refractivity contribution is 5.94. The maximum absolute atomic E-state index is 11.8. The fourth-order valence-electron chi connectivity index (χ4n) is 1.58. The molecule has 0 atom stereocenters. The van der Waals surface area contributed by atoms with Gasteiger partial charge in [0.15, 0.2) is 0 Å². The van der Waals surface area contributed by atoms with Crippen molar-refractivity contribution in [3.63, 3.8) is 0 Å². The highest BCUT2D eigenvalue weighted by Crippen LogP contribution is 2.05. The largest absolute Gasteiger partial charge is 0.495 e. The molecule has 2 rings (SSSR count). The van der Waals surface area contributed by atoms with E-state index in [2.05, 4.69) is 15.5 Å². The molecule has 21 heavy (non-hydrogen) atoms. The van der Waals surface area contributed by atoms with Gasteiger partial charge in [-0.15, -0.1) is 0 Å². The summed E-state index contributed by atoms with van der Waals surface area (Å²) in [5, 5.41) is 3.88. The molecule has 1 amide bonds. The summed E-state index contributed by atoms with van der Waals surface area (Å²) in [6.45, 7) is 0. The van der Waals surface area contributed by atoms with Gasteiger partial charge in [0.05, 0.1) is 13.3 Å². The molecule has 0 fully saturated rings. The van der Waals surface area contributed by atoms with Crippen LogP contribution in [0.3, 0.4) is 0 Å². The summed E-state index contributed by atoms with van der Waals surface area (Å²) in [6, 6.07) is 12.9. The van der Waals surface area contributed by atoms with Gasteiger partial charge >= 0.3 is 0 Å². The molecule has 0 saturated carbocycles. The van der Waals surface area contributed by atoms with Crippen LogP contribution in [-0.4, -0.2) is 24.2 Å². The van der Waals surface area contributed by atoms with Crippen LogP contribution in [0, 0.1) is 0 Å². The van der Waals surface area contributed by atoms with E-state index >= 15 is 0 Å². The molecule has 5 nitrogen and oxygen atoms in total. The third-order valence-electron chi connectivity index (χ3n) is 2.64. The van der Waals surface area contributed by atoms with Gasteiger partial charge in [-0.05, 0) is 23.8 Å². The Balaban J connectivity index is 1.99. The number of nitrogens with one attached hydrogen (secondary N) is 1. The summed E-state index contributed by atoms with van der Waals surface area (Å²) >= 11 is 0. The molecule has 1 aromatic carbocycles. The number of aromatic nitrogens is 1. The summed E-state index contributed by atoms with van der Waals surface area (Å²) in [6.07, 6.45) is 6.37. The van der Waals surface area contributed by atoms with Crippen LogP contribution in [0.4, 0.5) is 0 Å². The number of allylic oxidation sites excluding steroid dienone is 1. The van der Waals surface area contributed by atoms with E-state index in [1.54, 1.807) is 31.6 Å². The molecule has 0 spiro atoms. The van der Waals surface area contributed by atoms with E-state index in [-0.39, 0.29) is 5.91 Å². The molecule has 1 aromatic heterocycles. The summed E-state index contributed by atoms with van der Waals surface area (Å²) in [5.74, 6) is 0.236. The molecule has 0 radical (unpaired) electrons. The summed E-state index contributed by atoms with van der Waals surface area (Å²) in [4.78, 5) is 15.6. The van der Waals surface area contributed by atoms with Gasteiger partial charge in [0.2, 0.25) is 0 Å². The number of carbonyl (C=O) groups excluding carboxylic acids is 1. The number of hydrogen-bond acceptors (Lipinski definition) is 4. The normalized spacial score (nSPS) is 11.4. The van der Waals surface area contributed by atoms with E-state index in [1.807, 2.05) is 36.4 Å². The van der Waals surface area contributed by atoms with Crippen molar-refractivity contribution in [2.75, 3.05) is 7.11 Å². The van der Waals surface area contributed by atoms with Crippen molar-refractivity contribution >= 4 is 18.2 Å². The van der Waals surface area contributed by atoms with E-state index in [4.69, 9.17) is 4.74 Å². The Bertz CT molecular complexity index is 637. The second kappa shape index (κ2) is 7.59. The number of nitrogens with zero attached hydrogens (tertiary/aromatic N) is 2. The molecule has 106 valence electrons. The van der Waals surface area contributed by atoms with Crippen LogP contribution in [-0.2, 0) is 4.74 Å². The second-order valence-electron chi connectivity index (χ2n) is 4.10. The molecule has 0 unspecified atom stereocenters. The van der Waals surface area contributed by atoms with Gasteiger partial charge < -0.3 is 4.74 Å². The third-order valence-corrected chi connectivity index (χ3v) is 2.64. The molecular weight excluding hydrogens is 266 g/mol. The fraction of sp³-hybridized carbons (Fsp3) is 0.0625. The predicted molar refractivity (Wildman–Crippen MR) is 81.6 cm³/mol. The Hall–Kier alpha value is -2.95. The van der Waals surface area contributed by atoms with Gasteiger partial charge in [-0.3, -0.25) is 9.78 Å². The van der Waals surface area contributed by atoms with Gasteiger partial charge in [-0.2, -0.15) is 5.10 Å². The van der Waals surface area contributed by atoms with Crippen LogP contribution in [0.1, 0.15) is 15.9 Å². The summed E-state index contributed by atoms with van der Waals surface area (Å²) in [5.41, 5.74) is 3.91. The van der Waals surface area contributed by atoms with E-state index < -0.39 is 0 Å². The quantitative estimate of drug-likeness (QED) is 0.520. The van der Waals surface area contributed by atoms with Gasteiger partial charge in [0.1, 0.15) is 5.76 Å². The zero-order valence-corrected chi connectivity index (χ0v) is 11.6.